The summed E-state index contributed by atoms with van der Waals surface area (Å²) in [6, 6.07) is 12.3. The average Bonchev–Trinajstić information content (AvgIpc) is 3.16. The molecule has 0 spiro atoms. The Morgan fingerprint density at radius 2 is 1.89 bits per heavy atom. The average molecular weight is 563 g/mol. The molecular weight excluding hydrogens is 532 g/mol. The third-order valence-corrected chi connectivity index (χ3v) is 8.24. The number of halogens is 3. The predicted octanol–water partition coefficient (Wildman–Crippen LogP) is 5.59. The van der Waals surface area contributed by atoms with Gasteiger partial charge in [-0.2, -0.15) is 18.4 Å². The smallest absolute Gasteiger partial charge is 0.393 e. The van der Waals surface area contributed by atoms with Crippen molar-refractivity contribution in [2.24, 2.45) is 0 Å². The van der Waals surface area contributed by atoms with Gasteiger partial charge in [0, 0.05) is 18.4 Å². The van der Waals surface area contributed by atoms with E-state index < -0.39 is 19.7 Å². The maximum absolute atomic E-state index is 13.5. The van der Waals surface area contributed by atoms with Gasteiger partial charge in [0.2, 0.25) is 0 Å². The third kappa shape index (κ3) is 8.16. The monoisotopic (exact) mass is 562 g/mol. The lowest BCUT2D eigenvalue weighted by atomic mass is 10.1. The maximum Gasteiger partial charge on any atom is 0.393 e. The van der Waals surface area contributed by atoms with Gasteiger partial charge >= 0.3 is 6.18 Å². The van der Waals surface area contributed by atoms with Gasteiger partial charge in [0.05, 0.1) is 33.9 Å². The summed E-state index contributed by atoms with van der Waals surface area (Å²) in [4.78, 5) is 2.39. The zero-order valence-electron chi connectivity index (χ0n) is 21.7. The van der Waals surface area contributed by atoms with Crippen LogP contribution in [0.2, 0.25) is 0 Å². The van der Waals surface area contributed by atoms with E-state index in [1.807, 2.05) is 31.1 Å². The number of benzene rings is 2. The number of fused-ring (bicyclic) bond motifs is 1. The van der Waals surface area contributed by atoms with Gasteiger partial charge in [-0.15, -0.1) is 11.3 Å². The maximum atomic E-state index is 13.5. The van der Waals surface area contributed by atoms with Crippen molar-refractivity contribution >= 4 is 45.2 Å². The normalized spacial score (nSPS) is 11.7. The molecule has 0 aliphatic heterocycles. The second-order valence-electron chi connectivity index (χ2n) is 9.25. The van der Waals surface area contributed by atoms with Gasteiger partial charge < -0.3 is 24.8 Å². The number of rotatable bonds is 10. The Bertz CT molecular complexity index is 1430. The molecule has 0 radical (unpaired) electrons. The van der Waals surface area contributed by atoms with Crippen molar-refractivity contribution in [3.63, 3.8) is 0 Å². The van der Waals surface area contributed by atoms with Crippen LogP contribution >= 0.6 is 18.5 Å². The van der Waals surface area contributed by atoms with Gasteiger partial charge in [-0.05, 0) is 62.6 Å². The molecule has 0 aliphatic carbocycles. The van der Waals surface area contributed by atoms with Gasteiger partial charge in [-0.3, -0.25) is 0 Å². The van der Waals surface area contributed by atoms with E-state index in [-0.39, 0.29) is 18.7 Å². The number of ether oxygens (including phenoxy) is 1. The SMILES string of the molecule is CN(C)CCNc1cccc2c(CC(F)(F)F)c(C#CCNc3ccc(P(C)(C)=O)cc3OCC#N)sc12. The molecule has 0 fully saturated rings. The first-order chi connectivity index (χ1) is 17.9. The Morgan fingerprint density at radius 1 is 1.13 bits per heavy atom. The Balaban J connectivity index is 1.88. The molecular formula is C27H30F3N4O2PS. The molecule has 1 aromatic heterocycles. The van der Waals surface area contributed by atoms with Crippen molar-refractivity contribution in [3.8, 4) is 23.7 Å². The highest BCUT2D eigenvalue weighted by Gasteiger charge is 2.31. The molecule has 0 saturated heterocycles. The van der Waals surface area contributed by atoms with Crippen LogP contribution in [0.15, 0.2) is 36.4 Å². The second kappa shape index (κ2) is 12.6. The fraction of sp³-hybridized carbons (Fsp3) is 0.370. The van der Waals surface area contributed by atoms with Crippen LogP contribution in [0.25, 0.3) is 10.1 Å². The summed E-state index contributed by atoms with van der Waals surface area (Å²) in [5, 5.41) is 16.5. The topological polar surface area (TPSA) is 77.4 Å². The van der Waals surface area contributed by atoms with Crippen LogP contribution in [0.5, 0.6) is 5.75 Å². The first kappa shape index (κ1) is 29.4. The lowest BCUT2D eigenvalue weighted by Crippen LogP contribution is -2.20. The molecule has 6 nitrogen and oxygen atoms in total. The minimum Gasteiger partial charge on any atom is -0.477 e. The van der Waals surface area contributed by atoms with Crippen LogP contribution in [0.1, 0.15) is 10.4 Å². The van der Waals surface area contributed by atoms with Crippen molar-refractivity contribution < 1.29 is 22.5 Å². The number of hydrogen-bond acceptors (Lipinski definition) is 7. The van der Waals surface area contributed by atoms with E-state index in [2.05, 4.69) is 22.5 Å². The van der Waals surface area contributed by atoms with E-state index >= 15 is 0 Å². The Kier molecular flexibility index (Phi) is 9.73. The predicted molar refractivity (Wildman–Crippen MR) is 151 cm³/mol. The van der Waals surface area contributed by atoms with E-state index in [0.717, 1.165) is 16.9 Å². The standard InChI is InChI=1S/C27H30F3N4O2PS/c1-34(2)15-14-33-23-8-5-7-20-21(18-27(28,29)30)25(38-26(20)23)9-6-13-32-22-11-10-19(37(3,4)35)17-24(22)36-16-12-31/h5,7-8,10-11,17,32-33H,13-16,18H2,1-4H3. The largest absolute Gasteiger partial charge is 0.477 e. The molecule has 0 bridgehead atoms. The zero-order chi connectivity index (χ0) is 27.9. The van der Waals surface area contributed by atoms with Crippen molar-refractivity contribution in [3.05, 3.63) is 46.8 Å². The summed E-state index contributed by atoms with van der Waals surface area (Å²) in [5.74, 6) is 6.21. The van der Waals surface area contributed by atoms with Crippen LogP contribution in [0, 0.1) is 23.2 Å². The Morgan fingerprint density at radius 3 is 2.55 bits per heavy atom. The minimum absolute atomic E-state index is 0.131. The molecule has 2 N–H and O–H groups in total. The summed E-state index contributed by atoms with van der Waals surface area (Å²) < 4.78 is 59.0. The summed E-state index contributed by atoms with van der Waals surface area (Å²) in [7, 11) is 1.37. The van der Waals surface area contributed by atoms with Gasteiger partial charge in [0.25, 0.3) is 0 Å². The molecule has 38 heavy (non-hydrogen) atoms. The van der Waals surface area contributed by atoms with E-state index in [1.165, 1.54) is 11.3 Å². The number of hydrogen-bond donors (Lipinski definition) is 2. The molecule has 1 heterocycles. The van der Waals surface area contributed by atoms with Crippen LogP contribution in [0.4, 0.5) is 24.5 Å². The van der Waals surface area contributed by atoms with Gasteiger partial charge in [-0.1, -0.05) is 24.0 Å². The number of alkyl halides is 3. The summed E-state index contributed by atoms with van der Waals surface area (Å²) in [6.07, 6.45) is -5.43. The molecule has 11 heteroatoms. The fourth-order valence-electron chi connectivity index (χ4n) is 3.69. The lowest BCUT2D eigenvalue weighted by molar-refractivity contribution is -0.126. The van der Waals surface area contributed by atoms with Crippen molar-refractivity contribution in [1.82, 2.24) is 4.90 Å². The number of nitrogens with zero attached hydrogens (tertiary/aromatic N) is 2. The van der Waals surface area contributed by atoms with E-state index in [4.69, 9.17) is 10.00 Å². The lowest BCUT2D eigenvalue weighted by Gasteiger charge is -2.14. The summed E-state index contributed by atoms with van der Waals surface area (Å²) >= 11 is 1.25. The highest BCUT2D eigenvalue weighted by Crippen LogP contribution is 2.39. The second-order valence-corrected chi connectivity index (χ2v) is 13.5. The molecule has 3 rings (SSSR count). The summed E-state index contributed by atoms with van der Waals surface area (Å²) in [6.45, 7) is 4.67. The van der Waals surface area contributed by atoms with Crippen LogP contribution in [0.3, 0.4) is 0 Å². The van der Waals surface area contributed by atoms with E-state index in [1.54, 1.807) is 43.7 Å². The molecule has 0 atom stereocenters. The Labute approximate surface area is 225 Å². The van der Waals surface area contributed by atoms with Crippen molar-refractivity contribution in [2.45, 2.75) is 12.6 Å². The highest BCUT2D eigenvalue weighted by atomic mass is 32.1. The third-order valence-electron chi connectivity index (χ3n) is 5.52. The molecule has 2 aromatic carbocycles. The number of thiophene rings is 1. The molecule has 0 saturated carbocycles. The van der Waals surface area contributed by atoms with Crippen LogP contribution in [-0.4, -0.2) is 64.7 Å². The molecule has 0 aliphatic rings. The molecule has 0 amide bonds. The summed E-state index contributed by atoms with van der Waals surface area (Å²) in [5.41, 5.74) is 1.50. The van der Waals surface area contributed by atoms with Crippen molar-refractivity contribution in [1.29, 1.82) is 5.26 Å². The van der Waals surface area contributed by atoms with Gasteiger partial charge in [0.15, 0.2) is 6.61 Å². The molecule has 0 unspecified atom stereocenters. The van der Waals surface area contributed by atoms with E-state index in [0.29, 0.717) is 33.5 Å². The highest BCUT2D eigenvalue weighted by molar-refractivity contribution is 7.70. The zero-order valence-corrected chi connectivity index (χ0v) is 23.4. The van der Waals surface area contributed by atoms with Gasteiger partial charge in [-0.25, -0.2) is 0 Å². The minimum atomic E-state index is -4.37. The number of anilines is 2. The number of nitrogens with one attached hydrogen (secondary N) is 2. The van der Waals surface area contributed by atoms with Gasteiger partial charge in [0.1, 0.15) is 19.0 Å². The number of nitriles is 1. The van der Waals surface area contributed by atoms with Crippen LogP contribution in [-0.2, 0) is 11.0 Å². The molecule has 202 valence electrons. The first-order valence-corrected chi connectivity index (χ1v) is 15.2. The number of likely N-dealkylation sites (N-methyl/N-ethyl adjacent to an activating group) is 1. The Hall–Kier alpha value is -3.17. The van der Waals surface area contributed by atoms with E-state index in [9.17, 15) is 17.7 Å². The quantitative estimate of drug-likeness (QED) is 0.248. The fourth-order valence-corrected chi connectivity index (χ4v) is 5.73. The first-order valence-electron chi connectivity index (χ1n) is 11.8. The van der Waals surface area contributed by atoms with Crippen molar-refractivity contribution in [2.75, 3.05) is 64.3 Å². The van der Waals surface area contributed by atoms with Crippen LogP contribution < -0.4 is 20.7 Å². The molecule has 3 aromatic rings.